The lowest BCUT2D eigenvalue weighted by Crippen LogP contribution is -2.46. The van der Waals surface area contributed by atoms with E-state index in [2.05, 4.69) is 43.8 Å². The topological polar surface area (TPSA) is 71.2 Å². The maximum absolute atomic E-state index is 5.39. The van der Waals surface area contributed by atoms with Gasteiger partial charge in [-0.15, -0.1) is 0 Å². The first kappa shape index (κ1) is 16.4. The first-order valence-electron chi connectivity index (χ1n) is 9.30. The van der Waals surface area contributed by atoms with Gasteiger partial charge in [-0.05, 0) is 31.7 Å². The molecule has 1 saturated heterocycles. The van der Waals surface area contributed by atoms with Crippen LogP contribution < -0.4 is 4.90 Å². The fourth-order valence-electron chi connectivity index (χ4n) is 3.58. The van der Waals surface area contributed by atoms with E-state index in [1.165, 1.54) is 12.8 Å². The molecule has 0 N–H and O–H groups in total. The summed E-state index contributed by atoms with van der Waals surface area (Å²) in [6, 6.07) is 3.26. The summed E-state index contributed by atoms with van der Waals surface area (Å²) in [7, 11) is 0. The minimum Gasteiger partial charge on any atom is -0.350 e. The zero-order valence-corrected chi connectivity index (χ0v) is 15.0. The predicted octanol–water partition coefficient (Wildman–Crippen LogP) is 2.62. The third-order valence-corrected chi connectivity index (χ3v) is 5.08. The number of piperidine rings is 1. The zero-order valence-electron chi connectivity index (χ0n) is 15.0. The van der Waals surface area contributed by atoms with Crippen LogP contribution in [0.2, 0.25) is 0 Å². The second-order valence-electron chi connectivity index (χ2n) is 7.41. The second kappa shape index (κ2) is 7.07. The van der Waals surface area contributed by atoms with Crippen molar-refractivity contribution in [3.63, 3.8) is 0 Å². The number of hydrogen-bond acceptors (Lipinski definition) is 7. The highest BCUT2D eigenvalue weighted by molar-refractivity contribution is 5.41. The quantitative estimate of drug-likeness (QED) is 0.799. The van der Waals surface area contributed by atoms with Gasteiger partial charge >= 0.3 is 0 Å². The third kappa shape index (κ3) is 3.81. The Morgan fingerprint density at radius 3 is 2.56 bits per heavy atom. The molecule has 1 aliphatic heterocycles. The molecule has 0 aromatic carbocycles. The van der Waals surface area contributed by atoms with Gasteiger partial charge in [0.05, 0.1) is 6.54 Å². The molecule has 4 rings (SSSR count). The standard InChI is InChI=1S/C18H26N6O/c1-13(2)18-21-17(25-22-18)11-23-9-6-15(7-10-23)24(14-3-4-14)16-5-8-19-12-20-16/h5,8,12-15H,3-4,6-7,9-11H2,1-2H3. The Hall–Kier alpha value is -2.02. The van der Waals surface area contributed by atoms with E-state index in [4.69, 9.17) is 4.52 Å². The van der Waals surface area contributed by atoms with Crippen molar-refractivity contribution in [2.45, 2.75) is 64.1 Å². The molecular formula is C18H26N6O. The van der Waals surface area contributed by atoms with E-state index in [-0.39, 0.29) is 0 Å². The molecular weight excluding hydrogens is 316 g/mol. The minimum atomic E-state index is 0.309. The van der Waals surface area contributed by atoms with Crippen LogP contribution in [0.1, 0.15) is 57.2 Å². The molecule has 2 aliphatic rings. The van der Waals surface area contributed by atoms with E-state index >= 15 is 0 Å². The fraction of sp³-hybridized carbons (Fsp3) is 0.667. The van der Waals surface area contributed by atoms with Crippen molar-refractivity contribution in [3.8, 4) is 0 Å². The van der Waals surface area contributed by atoms with Crippen molar-refractivity contribution < 1.29 is 4.52 Å². The highest BCUT2D eigenvalue weighted by Gasteiger charge is 2.36. The maximum atomic E-state index is 5.39. The van der Waals surface area contributed by atoms with Gasteiger partial charge in [0.25, 0.3) is 0 Å². The first-order chi connectivity index (χ1) is 12.2. The Morgan fingerprint density at radius 2 is 1.96 bits per heavy atom. The zero-order chi connectivity index (χ0) is 17.2. The molecule has 1 aliphatic carbocycles. The first-order valence-corrected chi connectivity index (χ1v) is 9.30. The average Bonchev–Trinajstić information content (AvgIpc) is 3.35. The molecule has 2 fully saturated rings. The smallest absolute Gasteiger partial charge is 0.240 e. The SMILES string of the molecule is CC(C)c1noc(CN2CCC(N(c3ccncn3)C3CC3)CC2)n1. The van der Waals surface area contributed by atoms with E-state index in [1.807, 2.05) is 12.3 Å². The molecule has 7 heteroatoms. The van der Waals surface area contributed by atoms with Crippen molar-refractivity contribution >= 4 is 5.82 Å². The molecule has 0 unspecified atom stereocenters. The Kier molecular flexibility index (Phi) is 4.65. The summed E-state index contributed by atoms with van der Waals surface area (Å²) in [6.45, 7) is 7.03. The second-order valence-corrected chi connectivity index (χ2v) is 7.41. The van der Waals surface area contributed by atoms with Crippen molar-refractivity contribution in [3.05, 3.63) is 30.3 Å². The van der Waals surface area contributed by atoms with Crippen molar-refractivity contribution in [2.24, 2.45) is 0 Å². The lowest BCUT2D eigenvalue weighted by molar-refractivity contribution is 0.178. The third-order valence-electron chi connectivity index (χ3n) is 5.08. The Balaban J connectivity index is 1.35. The predicted molar refractivity (Wildman–Crippen MR) is 94.2 cm³/mol. The molecule has 1 saturated carbocycles. The van der Waals surface area contributed by atoms with E-state index in [1.54, 1.807) is 6.33 Å². The number of aromatic nitrogens is 4. The van der Waals surface area contributed by atoms with E-state index in [9.17, 15) is 0 Å². The number of hydrogen-bond donors (Lipinski definition) is 0. The van der Waals surface area contributed by atoms with E-state index in [0.717, 1.165) is 50.0 Å². The Morgan fingerprint density at radius 1 is 1.20 bits per heavy atom. The van der Waals surface area contributed by atoms with E-state index < -0.39 is 0 Å². The number of rotatable bonds is 6. The molecule has 0 spiro atoms. The summed E-state index contributed by atoms with van der Waals surface area (Å²) in [5.74, 6) is 2.92. The molecule has 0 bridgehead atoms. The van der Waals surface area contributed by atoms with Gasteiger partial charge in [-0.3, -0.25) is 4.90 Å². The molecule has 2 aromatic heterocycles. The van der Waals surface area contributed by atoms with Gasteiger partial charge in [0.2, 0.25) is 5.89 Å². The number of anilines is 1. The number of likely N-dealkylation sites (tertiary alicyclic amines) is 1. The van der Waals surface area contributed by atoms with Crippen molar-refractivity contribution in [1.29, 1.82) is 0 Å². The van der Waals surface area contributed by atoms with Crippen LogP contribution in [-0.2, 0) is 6.54 Å². The monoisotopic (exact) mass is 342 g/mol. The van der Waals surface area contributed by atoms with Gasteiger partial charge in [0.15, 0.2) is 5.82 Å². The molecule has 0 radical (unpaired) electrons. The normalized spacial score (nSPS) is 19.5. The van der Waals surface area contributed by atoms with E-state index in [0.29, 0.717) is 18.0 Å². The lowest BCUT2D eigenvalue weighted by Gasteiger charge is -2.39. The van der Waals surface area contributed by atoms with Gasteiger partial charge in [-0.25, -0.2) is 9.97 Å². The summed E-state index contributed by atoms with van der Waals surface area (Å²) in [4.78, 5) is 18.0. The molecule has 134 valence electrons. The van der Waals surface area contributed by atoms with Crippen LogP contribution in [0.3, 0.4) is 0 Å². The van der Waals surface area contributed by atoms with Crippen LogP contribution in [0.25, 0.3) is 0 Å². The summed E-state index contributed by atoms with van der Waals surface area (Å²) in [5, 5.41) is 4.06. The summed E-state index contributed by atoms with van der Waals surface area (Å²) in [6.07, 6.45) is 8.35. The van der Waals surface area contributed by atoms with Crippen LogP contribution in [0.15, 0.2) is 23.1 Å². The van der Waals surface area contributed by atoms with Gasteiger partial charge in [-0.2, -0.15) is 4.98 Å². The van der Waals surface area contributed by atoms with Gasteiger partial charge in [-0.1, -0.05) is 19.0 Å². The number of nitrogens with zero attached hydrogens (tertiary/aromatic N) is 6. The largest absolute Gasteiger partial charge is 0.350 e. The van der Waals surface area contributed by atoms with Crippen LogP contribution in [0.5, 0.6) is 0 Å². The summed E-state index contributed by atoms with van der Waals surface area (Å²) in [5.41, 5.74) is 0. The Labute approximate surface area is 148 Å². The minimum absolute atomic E-state index is 0.309. The molecule has 0 atom stereocenters. The van der Waals surface area contributed by atoms with Crippen LogP contribution >= 0.6 is 0 Å². The molecule has 7 nitrogen and oxygen atoms in total. The lowest BCUT2D eigenvalue weighted by atomic mass is 10.0. The molecule has 2 aromatic rings. The average molecular weight is 342 g/mol. The summed E-state index contributed by atoms with van der Waals surface area (Å²) >= 11 is 0. The van der Waals surface area contributed by atoms with Gasteiger partial charge in [0, 0.05) is 37.3 Å². The highest BCUT2D eigenvalue weighted by Crippen LogP contribution is 2.35. The highest BCUT2D eigenvalue weighted by atomic mass is 16.5. The van der Waals surface area contributed by atoms with Crippen LogP contribution in [0, 0.1) is 0 Å². The van der Waals surface area contributed by atoms with Gasteiger partial charge in [0.1, 0.15) is 12.1 Å². The van der Waals surface area contributed by atoms with Gasteiger partial charge < -0.3 is 9.42 Å². The Bertz CT molecular complexity index is 676. The maximum Gasteiger partial charge on any atom is 0.240 e. The molecule has 3 heterocycles. The van der Waals surface area contributed by atoms with Crippen molar-refractivity contribution in [1.82, 2.24) is 25.0 Å². The fourth-order valence-corrected chi connectivity index (χ4v) is 3.58. The summed E-state index contributed by atoms with van der Waals surface area (Å²) < 4.78 is 5.39. The molecule has 25 heavy (non-hydrogen) atoms. The van der Waals surface area contributed by atoms with Crippen LogP contribution in [-0.4, -0.2) is 50.2 Å². The van der Waals surface area contributed by atoms with Crippen molar-refractivity contribution in [2.75, 3.05) is 18.0 Å². The van der Waals surface area contributed by atoms with Crippen LogP contribution in [0.4, 0.5) is 5.82 Å². The molecule has 0 amide bonds.